The molecule has 0 aromatic carbocycles. The van der Waals surface area contributed by atoms with Crippen molar-refractivity contribution in [3.63, 3.8) is 0 Å². The Hall–Kier alpha value is -1.58. The van der Waals surface area contributed by atoms with Crippen molar-refractivity contribution in [2.75, 3.05) is 25.5 Å². The topological polar surface area (TPSA) is 45.2 Å². The number of aromatic nitrogens is 1. The van der Waals surface area contributed by atoms with E-state index >= 15 is 0 Å². The number of pyridine rings is 1. The van der Waals surface area contributed by atoms with Gasteiger partial charge in [-0.15, -0.1) is 0 Å². The Kier molecular flexibility index (Phi) is 4.28. The molecule has 88 valence electrons. The average Bonchev–Trinajstić information content (AvgIpc) is 2.26. The zero-order valence-corrected chi connectivity index (χ0v) is 10.4. The van der Waals surface area contributed by atoms with Gasteiger partial charge in [0.25, 0.3) is 5.91 Å². The highest BCUT2D eigenvalue weighted by Crippen LogP contribution is 2.11. The smallest absolute Gasteiger partial charge is 0.253 e. The van der Waals surface area contributed by atoms with Gasteiger partial charge in [0.15, 0.2) is 0 Å². The molecule has 0 atom stereocenters. The van der Waals surface area contributed by atoms with Gasteiger partial charge in [-0.2, -0.15) is 0 Å². The molecule has 1 heterocycles. The summed E-state index contributed by atoms with van der Waals surface area (Å²) in [6.45, 7) is 7.36. The number of nitrogens with zero attached hydrogens (tertiary/aromatic N) is 2. The number of nitrogens with one attached hydrogen (secondary N) is 1. The average molecular weight is 221 g/mol. The van der Waals surface area contributed by atoms with E-state index in [4.69, 9.17) is 0 Å². The van der Waals surface area contributed by atoms with E-state index < -0.39 is 0 Å². The SMILES string of the molecule is CCNc1cc(C(=O)N(C)CC)cc(C)n1. The molecule has 0 aliphatic heterocycles. The molecule has 1 aromatic heterocycles. The van der Waals surface area contributed by atoms with E-state index in [1.165, 1.54) is 0 Å². The molecule has 0 spiro atoms. The Labute approximate surface area is 96.7 Å². The first-order chi connectivity index (χ1) is 7.58. The van der Waals surface area contributed by atoms with Crippen molar-refractivity contribution in [3.05, 3.63) is 23.4 Å². The minimum absolute atomic E-state index is 0.0344. The van der Waals surface area contributed by atoms with Crippen molar-refractivity contribution in [2.24, 2.45) is 0 Å². The van der Waals surface area contributed by atoms with Crippen molar-refractivity contribution < 1.29 is 4.79 Å². The molecule has 4 heteroatoms. The third-order valence-electron chi connectivity index (χ3n) is 2.38. The first-order valence-corrected chi connectivity index (χ1v) is 5.56. The number of hydrogen-bond donors (Lipinski definition) is 1. The third kappa shape index (κ3) is 2.95. The Morgan fingerprint density at radius 1 is 1.44 bits per heavy atom. The fourth-order valence-corrected chi connectivity index (χ4v) is 1.43. The van der Waals surface area contributed by atoms with Crippen LogP contribution in [0.1, 0.15) is 29.9 Å². The molecule has 1 rings (SSSR count). The summed E-state index contributed by atoms with van der Waals surface area (Å²) >= 11 is 0. The Bertz CT molecular complexity index is 377. The first-order valence-electron chi connectivity index (χ1n) is 5.56. The summed E-state index contributed by atoms with van der Waals surface area (Å²) in [5.74, 6) is 0.794. The number of carbonyl (C=O) groups is 1. The first kappa shape index (κ1) is 12.5. The predicted octanol–water partition coefficient (Wildman–Crippen LogP) is 1.91. The largest absolute Gasteiger partial charge is 0.370 e. The van der Waals surface area contributed by atoms with Gasteiger partial charge in [-0.3, -0.25) is 4.79 Å². The quantitative estimate of drug-likeness (QED) is 0.844. The maximum atomic E-state index is 12.0. The van der Waals surface area contributed by atoms with Gasteiger partial charge >= 0.3 is 0 Å². The van der Waals surface area contributed by atoms with Crippen LogP contribution < -0.4 is 5.32 Å². The minimum atomic E-state index is 0.0344. The van der Waals surface area contributed by atoms with Crippen LogP contribution in [0.3, 0.4) is 0 Å². The van der Waals surface area contributed by atoms with Crippen LogP contribution in [0, 0.1) is 6.92 Å². The highest BCUT2D eigenvalue weighted by molar-refractivity contribution is 5.94. The number of hydrogen-bond acceptors (Lipinski definition) is 3. The van der Waals surface area contributed by atoms with E-state index in [2.05, 4.69) is 10.3 Å². The number of rotatable bonds is 4. The number of carbonyl (C=O) groups excluding carboxylic acids is 1. The fourth-order valence-electron chi connectivity index (χ4n) is 1.43. The number of anilines is 1. The van der Waals surface area contributed by atoms with Crippen molar-refractivity contribution >= 4 is 11.7 Å². The second kappa shape index (κ2) is 5.49. The van der Waals surface area contributed by atoms with Gasteiger partial charge in [-0.05, 0) is 32.9 Å². The van der Waals surface area contributed by atoms with E-state index in [0.29, 0.717) is 12.1 Å². The lowest BCUT2D eigenvalue weighted by molar-refractivity contribution is 0.0802. The lowest BCUT2D eigenvalue weighted by Gasteiger charge is -2.15. The Balaban J connectivity index is 2.99. The molecule has 0 aliphatic carbocycles. The minimum Gasteiger partial charge on any atom is -0.370 e. The molecular weight excluding hydrogens is 202 g/mol. The van der Waals surface area contributed by atoms with Crippen LogP contribution in [-0.4, -0.2) is 35.9 Å². The maximum absolute atomic E-state index is 12.0. The maximum Gasteiger partial charge on any atom is 0.253 e. The summed E-state index contributed by atoms with van der Waals surface area (Å²) in [6.07, 6.45) is 0. The summed E-state index contributed by atoms with van der Waals surface area (Å²) < 4.78 is 0. The molecule has 0 bridgehead atoms. The number of aryl methyl sites for hydroxylation is 1. The van der Waals surface area contributed by atoms with Gasteiger partial charge in [0.05, 0.1) is 0 Å². The van der Waals surface area contributed by atoms with Gasteiger partial charge in [-0.25, -0.2) is 4.98 Å². The van der Waals surface area contributed by atoms with Gasteiger partial charge in [0.2, 0.25) is 0 Å². The van der Waals surface area contributed by atoms with Crippen LogP contribution in [0.25, 0.3) is 0 Å². The van der Waals surface area contributed by atoms with Crippen LogP contribution in [0.2, 0.25) is 0 Å². The van der Waals surface area contributed by atoms with Crippen molar-refractivity contribution in [3.8, 4) is 0 Å². The Morgan fingerprint density at radius 3 is 2.69 bits per heavy atom. The van der Waals surface area contributed by atoms with Crippen LogP contribution in [0.4, 0.5) is 5.82 Å². The second-order valence-electron chi connectivity index (χ2n) is 3.73. The Morgan fingerprint density at radius 2 is 2.12 bits per heavy atom. The highest BCUT2D eigenvalue weighted by Gasteiger charge is 2.11. The van der Waals surface area contributed by atoms with Crippen LogP contribution in [0.5, 0.6) is 0 Å². The second-order valence-corrected chi connectivity index (χ2v) is 3.73. The summed E-state index contributed by atoms with van der Waals surface area (Å²) in [4.78, 5) is 17.9. The van der Waals surface area contributed by atoms with Crippen LogP contribution in [0.15, 0.2) is 12.1 Å². The standard InChI is InChI=1S/C12H19N3O/c1-5-13-11-8-10(7-9(3)14-11)12(16)15(4)6-2/h7-8H,5-6H2,1-4H3,(H,13,14). The third-order valence-corrected chi connectivity index (χ3v) is 2.38. The fraction of sp³-hybridized carbons (Fsp3) is 0.500. The van der Waals surface area contributed by atoms with Gasteiger partial charge in [0, 0.05) is 31.4 Å². The van der Waals surface area contributed by atoms with Crippen LogP contribution >= 0.6 is 0 Å². The molecule has 0 saturated heterocycles. The van der Waals surface area contributed by atoms with Crippen molar-refractivity contribution in [1.29, 1.82) is 0 Å². The molecule has 1 aromatic rings. The molecular formula is C12H19N3O. The molecule has 16 heavy (non-hydrogen) atoms. The monoisotopic (exact) mass is 221 g/mol. The van der Waals surface area contributed by atoms with Crippen molar-refractivity contribution in [2.45, 2.75) is 20.8 Å². The van der Waals surface area contributed by atoms with Gasteiger partial charge in [-0.1, -0.05) is 0 Å². The zero-order valence-electron chi connectivity index (χ0n) is 10.4. The van der Waals surface area contributed by atoms with Gasteiger partial charge in [0.1, 0.15) is 5.82 Å². The molecule has 4 nitrogen and oxygen atoms in total. The van der Waals surface area contributed by atoms with E-state index in [1.807, 2.05) is 26.8 Å². The summed E-state index contributed by atoms with van der Waals surface area (Å²) in [7, 11) is 1.80. The van der Waals surface area contributed by atoms with Crippen LogP contribution in [-0.2, 0) is 0 Å². The highest BCUT2D eigenvalue weighted by atomic mass is 16.2. The molecule has 0 fully saturated rings. The van der Waals surface area contributed by atoms with E-state index in [-0.39, 0.29) is 5.91 Å². The van der Waals surface area contributed by atoms with Crippen molar-refractivity contribution in [1.82, 2.24) is 9.88 Å². The van der Waals surface area contributed by atoms with E-state index in [9.17, 15) is 4.79 Å². The molecule has 0 radical (unpaired) electrons. The normalized spacial score (nSPS) is 10.0. The lowest BCUT2D eigenvalue weighted by Crippen LogP contribution is -2.26. The molecule has 1 amide bonds. The van der Waals surface area contributed by atoms with Gasteiger partial charge < -0.3 is 10.2 Å². The molecule has 1 N–H and O–H groups in total. The lowest BCUT2D eigenvalue weighted by atomic mass is 10.2. The van der Waals surface area contributed by atoms with E-state index in [0.717, 1.165) is 18.1 Å². The zero-order chi connectivity index (χ0) is 12.1. The molecule has 0 unspecified atom stereocenters. The molecule has 0 aliphatic rings. The summed E-state index contributed by atoms with van der Waals surface area (Å²) in [5, 5.41) is 3.12. The summed E-state index contributed by atoms with van der Waals surface area (Å²) in [6, 6.07) is 3.61. The predicted molar refractivity (Wildman–Crippen MR) is 65.8 cm³/mol. The number of amides is 1. The summed E-state index contributed by atoms with van der Waals surface area (Å²) in [5.41, 5.74) is 1.54. The molecule has 0 saturated carbocycles. The van der Waals surface area contributed by atoms with E-state index in [1.54, 1.807) is 18.0 Å².